The SMILES string of the molecule is N#CC1(NC(=O)C(Cl)c2ccccc2)CCSC1. The first-order valence-corrected chi connectivity index (χ1v) is 7.26. The van der Waals surface area contributed by atoms with Crippen LogP contribution in [0.15, 0.2) is 30.3 Å². The van der Waals surface area contributed by atoms with Crippen molar-refractivity contribution >= 4 is 29.3 Å². The standard InChI is InChI=1S/C13H13ClN2OS/c14-11(10-4-2-1-3-5-10)12(17)16-13(8-15)6-7-18-9-13/h1-5,11H,6-7,9H2,(H,16,17). The highest BCUT2D eigenvalue weighted by molar-refractivity contribution is 7.99. The number of rotatable bonds is 3. The van der Waals surface area contributed by atoms with Crippen LogP contribution in [0, 0.1) is 11.3 Å². The topological polar surface area (TPSA) is 52.9 Å². The number of nitriles is 1. The van der Waals surface area contributed by atoms with Gasteiger partial charge in [0.25, 0.3) is 0 Å². The summed E-state index contributed by atoms with van der Waals surface area (Å²) in [6, 6.07) is 11.4. The number of halogens is 1. The molecule has 0 bridgehead atoms. The zero-order valence-electron chi connectivity index (χ0n) is 9.73. The molecule has 1 saturated heterocycles. The second-order valence-electron chi connectivity index (χ2n) is 4.26. The van der Waals surface area contributed by atoms with Gasteiger partial charge in [-0.2, -0.15) is 17.0 Å². The van der Waals surface area contributed by atoms with Crippen LogP contribution in [0.5, 0.6) is 0 Å². The molecule has 0 aromatic heterocycles. The van der Waals surface area contributed by atoms with Crippen LogP contribution in [0.2, 0.25) is 0 Å². The Kier molecular flexibility index (Phi) is 4.15. The molecule has 0 spiro atoms. The van der Waals surface area contributed by atoms with Crippen LogP contribution in [0.1, 0.15) is 17.4 Å². The van der Waals surface area contributed by atoms with Gasteiger partial charge in [-0.15, -0.1) is 11.6 Å². The average molecular weight is 281 g/mol. The number of nitrogens with zero attached hydrogens (tertiary/aromatic N) is 1. The number of carbonyl (C=O) groups excluding carboxylic acids is 1. The maximum absolute atomic E-state index is 12.1. The summed E-state index contributed by atoms with van der Waals surface area (Å²) in [6.07, 6.45) is 0.679. The second-order valence-corrected chi connectivity index (χ2v) is 5.80. The first-order valence-electron chi connectivity index (χ1n) is 5.67. The van der Waals surface area contributed by atoms with Crippen molar-refractivity contribution in [3.8, 4) is 6.07 Å². The molecule has 2 rings (SSSR count). The number of amides is 1. The van der Waals surface area contributed by atoms with Gasteiger partial charge in [0.15, 0.2) is 0 Å². The Bertz CT molecular complexity index is 466. The molecule has 1 aromatic carbocycles. The van der Waals surface area contributed by atoms with Gasteiger partial charge in [0.05, 0.1) is 6.07 Å². The number of thioether (sulfide) groups is 1. The highest BCUT2D eigenvalue weighted by Gasteiger charge is 2.37. The summed E-state index contributed by atoms with van der Waals surface area (Å²) in [5, 5.41) is 11.2. The van der Waals surface area contributed by atoms with Gasteiger partial charge in [0.1, 0.15) is 10.9 Å². The molecule has 1 N–H and O–H groups in total. The third-order valence-electron chi connectivity index (χ3n) is 2.92. The molecule has 94 valence electrons. The van der Waals surface area contributed by atoms with Crippen LogP contribution < -0.4 is 5.32 Å². The lowest BCUT2D eigenvalue weighted by molar-refractivity contribution is -0.122. The van der Waals surface area contributed by atoms with Crippen molar-refractivity contribution in [2.24, 2.45) is 0 Å². The summed E-state index contributed by atoms with van der Waals surface area (Å²) < 4.78 is 0. The number of nitrogens with one attached hydrogen (secondary N) is 1. The molecular formula is C13H13ClN2OS. The first-order chi connectivity index (χ1) is 8.67. The molecule has 1 amide bonds. The lowest BCUT2D eigenvalue weighted by atomic mass is 10.0. The number of hydrogen-bond donors (Lipinski definition) is 1. The summed E-state index contributed by atoms with van der Waals surface area (Å²) in [7, 11) is 0. The second kappa shape index (κ2) is 5.64. The summed E-state index contributed by atoms with van der Waals surface area (Å²) in [5.74, 6) is 1.23. The molecule has 18 heavy (non-hydrogen) atoms. The van der Waals surface area contributed by atoms with Gasteiger partial charge in [-0.05, 0) is 17.7 Å². The van der Waals surface area contributed by atoms with Gasteiger partial charge in [-0.1, -0.05) is 30.3 Å². The van der Waals surface area contributed by atoms with Gasteiger partial charge < -0.3 is 5.32 Å². The number of hydrogen-bond acceptors (Lipinski definition) is 3. The molecule has 5 heteroatoms. The summed E-state index contributed by atoms with van der Waals surface area (Å²) in [6.45, 7) is 0. The van der Waals surface area contributed by atoms with E-state index < -0.39 is 10.9 Å². The quantitative estimate of drug-likeness (QED) is 0.866. The minimum atomic E-state index is -0.748. The zero-order chi connectivity index (χ0) is 13.0. The third-order valence-corrected chi connectivity index (χ3v) is 4.56. The molecule has 2 unspecified atom stereocenters. The third kappa shape index (κ3) is 2.80. The van der Waals surface area contributed by atoms with Crippen LogP contribution >= 0.6 is 23.4 Å². The Hall–Kier alpha value is -1.18. The van der Waals surface area contributed by atoms with Gasteiger partial charge in [-0.25, -0.2) is 0 Å². The lowest BCUT2D eigenvalue weighted by Crippen LogP contribution is -2.48. The van der Waals surface area contributed by atoms with E-state index in [2.05, 4.69) is 11.4 Å². The van der Waals surface area contributed by atoms with Crippen molar-refractivity contribution in [3.05, 3.63) is 35.9 Å². The number of benzene rings is 1. The van der Waals surface area contributed by atoms with E-state index in [1.165, 1.54) is 0 Å². The molecule has 1 fully saturated rings. The summed E-state index contributed by atoms with van der Waals surface area (Å²) in [4.78, 5) is 12.1. The minimum absolute atomic E-state index is 0.299. The van der Waals surface area contributed by atoms with E-state index >= 15 is 0 Å². The van der Waals surface area contributed by atoms with E-state index in [0.717, 1.165) is 11.3 Å². The van der Waals surface area contributed by atoms with E-state index in [1.54, 1.807) is 23.9 Å². The van der Waals surface area contributed by atoms with Crippen molar-refractivity contribution in [2.45, 2.75) is 17.3 Å². The average Bonchev–Trinajstić information content (AvgIpc) is 2.88. The van der Waals surface area contributed by atoms with Crippen LogP contribution in [-0.2, 0) is 4.79 Å². The smallest absolute Gasteiger partial charge is 0.243 e. The van der Waals surface area contributed by atoms with Crippen molar-refractivity contribution in [2.75, 3.05) is 11.5 Å². The fraction of sp³-hybridized carbons (Fsp3) is 0.385. The molecule has 3 nitrogen and oxygen atoms in total. The maximum atomic E-state index is 12.1. The molecule has 1 heterocycles. The van der Waals surface area contributed by atoms with E-state index in [9.17, 15) is 10.1 Å². The Morgan fingerprint density at radius 3 is 2.78 bits per heavy atom. The van der Waals surface area contributed by atoms with Crippen molar-refractivity contribution in [3.63, 3.8) is 0 Å². The van der Waals surface area contributed by atoms with Crippen LogP contribution in [0.4, 0.5) is 0 Å². The summed E-state index contributed by atoms with van der Waals surface area (Å²) >= 11 is 7.80. The van der Waals surface area contributed by atoms with E-state index in [-0.39, 0.29) is 5.91 Å². The fourth-order valence-corrected chi connectivity index (χ4v) is 3.32. The number of alkyl halides is 1. The van der Waals surface area contributed by atoms with Crippen LogP contribution in [0.25, 0.3) is 0 Å². The fourth-order valence-electron chi connectivity index (χ4n) is 1.85. The van der Waals surface area contributed by atoms with Crippen molar-refractivity contribution in [1.29, 1.82) is 5.26 Å². The Morgan fingerprint density at radius 1 is 1.50 bits per heavy atom. The first kappa shape index (κ1) is 13.3. The summed E-state index contributed by atoms with van der Waals surface area (Å²) in [5.41, 5.74) is -0.000612. The monoisotopic (exact) mass is 280 g/mol. The molecule has 0 saturated carbocycles. The van der Waals surface area contributed by atoms with Crippen LogP contribution in [-0.4, -0.2) is 23.0 Å². The van der Waals surface area contributed by atoms with Gasteiger partial charge in [0, 0.05) is 5.75 Å². The predicted octanol–water partition coefficient (Wildman–Crippen LogP) is 2.48. The van der Waals surface area contributed by atoms with Gasteiger partial charge >= 0.3 is 0 Å². The van der Waals surface area contributed by atoms with E-state index in [0.29, 0.717) is 12.2 Å². The zero-order valence-corrected chi connectivity index (χ0v) is 11.3. The van der Waals surface area contributed by atoms with Gasteiger partial charge in [-0.3, -0.25) is 4.79 Å². The van der Waals surface area contributed by atoms with Crippen molar-refractivity contribution in [1.82, 2.24) is 5.32 Å². The molecule has 1 aromatic rings. The Morgan fingerprint density at radius 2 is 2.22 bits per heavy atom. The normalized spacial score (nSPS) is 24.2. The highest BCUT2D eigenvalue weighted by Crippen LogP contribution is 2.29. The van der Waals surface area contributed by atoms with Crippen LogP contribution in [0.3, 0.4) is 0 Å². The van der Waals surface area contributed by atoms with Gasteiger partial charge in [0.2, 0.25) is 5.91 Å². The largest absolute Gasteiger partial charge is 0.336 e. The lowest BCUT2D eigenvalue weighted by Gasteiger charge is -2.23. The van der Waals surface area contributed by atoms with E-state index in [4.69, 9.17) is 11.6 Å². The molecule has 2 atom stereocenters. The minimum Gasteiger partial charge on any atom is -0.336 e. The van der Waals surface area contributed by atoms with Crippen molar-refractivity contribution < 1.29 is 4.79 Å². The molecular weight excluding hydrogens is 268 g/mol. The predicted molar refractivity (Wildman–Crippen MR) is 73.5 cm³/mol. The molecule has 1 aliphatic rings. The molecule has 0 radical (unpaired) electrons. The Labute approximate surface area is 116 Å². The number of carbonyl (C=O) groups is 1. The Balaban J connectivity index is 2.06. The molecule has 0 aliphatic carbocycles. The molecule has 1 aliphatic heterocycles. The maximum Gasteiger partial charge on any atom is 0.243 e. The van der Waals surface area contributed by atoms with E-state index in [1.807, 2.05) is 18.2 Å². The highest BCUT2D eigenvalue weighted by atomic mass is 35.5.